The second kappa shape index (κ2) is 10.3. The highest BCUT2D eigenvalue weighted by Gasteiger charge is 2.25. The molecule has 2 heterocycles. The molecule has 1 aliphatic heterocycles. The third kappa shape index (κ3) is 4.89. The number of hydrogen-bond acceptors (Lipinski definition) is 5. The van der Waals surface area contributed by atoms with Crippen molar-refractivity contribution in [2.24, 2.45) is 7.05 Å². The summed E-state index contributed by atoms with van der Waals surface area (Å²) in [5.41, 5.74) is 4.83. The molecule has 3 aromatic rings. The first-order valence-corrected chi connectivity index (χ1v) is 12.0. The maximum absolute atomic E-state index is 13.5. The average molecular weight is 488 g/mol. The standard InChI is InChI=1S/C27H29N5O4/c1-30-25-16-22(6-7-23(25)17-28-30)20-8-10-24(11-9-20)32(27(34)31-12-14-36-15-13-31)18-19-2-4-21(5-3-19)26(33)29-35/h2-5,7-11,16-17,22,35H,6,12-15,18H2,1H3,(H,29,33). The first-order chi connectivity index (χ1) is 17.5. The van der Waals surface area contributed by atoms with Gasteiger partial charge >= 0.3 is 6.03 Å². The predicted molar refractivity (Wildman–Crippen MR) is 135 cm³/mol. The molecule has 1 saturated heterocycles. The van der Waals surface area contributed by atoms with Gasteiger partial charge in [-0.25, -0.2) is 10.3 Å². The zero-order valence-electron chi connectivity index (χ0n) is 20.1. The van der Waals surface area contributed by atoms with Crippen molar-refractivity contribution in [1.82, 2.24) is 20.2 Å². The molecule has 1 aliphatic carbocycles. The van der Waals surface area contributed by atoms with Crippen LogP contribution in [-0.4, -0.2) is 58.1 Å². The number of carbonyl (C=O) groups is 2. The lowest BCUT2D eigenvalue weighted by molar-refractivity contribution is 0.0548. The second-order valence-corrected chi connectivity index (χ2v) is 9.02. The van der Waals surface area contributed by atoms with Gasteiger partial charge in [0.25, 0.3) is 5.91 Å². The molecule has 1 atom stereocenters. The first kappa shape index (κ1) is 23.8. The van der Waals surface area contributed by atoms with E-state index in [4.69, 9.17) is 9.94 Å². The molecule has 0 saturated carbocycles. The van der Waals surface area contributed by atoms with Crippen molar-refractivity contribution in [3.8, 4) is 0 Å². The van der Waals surface area contributed by atoms with Gasteiger partial charge in [0.15, 0.2) is 0 Å². The lowest BCUT2D eigenvalue weighted by Gasteiger charge is -2.33. The Kier molecular flexibility index (Phi) is 6.84. The average Bonchev–Trinajstić information content (AvgIpc) is 3.31. The predicted octanol–water partition coefficient (Wildman–Crippen LogP) is 1.75. The maximum atomic E-state index is 13.5. The zero-order valence-corrected chi connectivity index (χ0v) is 20.1. The number of fused-ring (bicyclic) bond motifs is 1. The van der Waals surface area contributed by atoms with Crippen LogP contribution >= 0.6 is 0 Å². The summed E-state index contributed by atoms with van der Waals surface area (Å²) in [6, 6.07) is 14.9. The summed E-state index contributed by atoms with van der Waals surface area (Å²) >= 11 is 0. The van der Waals surface area contributed by atoms with E-state index in [0.717, 1.165) is 28.2 Å². The summed E-state index contributed by atoms with van der Waals surface area (Å²) in [4.78, 5) is 28.8. The highest BCUT2D eigenvalue weighted by molar-refractivity contribution is 5.94. The van der Waals surface area contributed by atoms with Crippen LogP contribution in [-0.2, 0) is 18.3 Å². The van der Waals surface area contributed by atoms with Gasteiger partial charge in [-0.1, -0.05) is 36.4 Å². The van der Waals surface area contributed by atoms with Gasteiger partial charge in [-0.15, -0.1) is 0 Å². The van der Waals surface area contributed by atoms with Gasteiger partial charge in [0, 0.05) is 42.5 Å². The van der Waals surface area contributed by atoms with Crippen molar-refractivity contribution >= 4 is 29.8 Å². The van der Waals surface area contributed by atoms with Crippen molar-refractivity contribution in [2.45, 2.75) is 18.9 Å². The summed E-state index contributed by atoms with van der Waals surface area (Å²) in [7, 11) is 1.95. The molecular weight excluding hydrogens is 458 g/mol. The van der Waals surface area contributed by atoms with E-state index in [1.807, 2.05) is 30.1 Å². The van der Waals surface area contributed by atoms with Crippen molar-refractivity contribution in [1.29, 1.82) is 0 Å². The fraction of sp³-hybridized carbons (Fsp3) is 0.296. The van der Waals surface area contributed by atoms with E-state index in [1.54, 1.807) is 39.5 Å². The molecule has 36 heavy (non-hydrogen) atoms. The molecule has 9 heteroatoms. The van der Waals surface area contributed by atoms with Crippen molar-refractivity contribution in [2.75, 3.05) is 31.2 Å². The van der Waals surface area contributed by atoms with E-state index >= 15 is 0 Å². The molecule has 5 rings (SSSR count). The summed E-state index contributed by atoms with van der Waals surface area (Å²) in [5, 5.41) is 15.5. The number of morpholine rings is 1. The smallest absolute Gasteiger partial charge is 0.324 e. The van der Waals surface area contributed by atoms with Crippen LogP contribution in [0.3, 0.4) is 0 Å². The third-order valence-electron chi connectivity index (χ3n) is 6.77. The molecule has 2 aromatic carbocycles. The van der Waals surface area contributed by atoms with Crippen LogP contribution in [0.2, 0.25) is 0 Å². The lowest BCUT2D eigenvalue weighted by atomic mass is 9.92. The Morgan fingerprint density at radius 2 is 1.83 bits per heavy atom. The van der Waals surface area contributed by atoms with E-state index in [-0.39, 0.29) is 11.9 Å². The highest BCUT2D eigenvalue weighted by atomic mass is 16.5. The second-order valence-electron chi connectivity index (χ2n) is 9.02. The van der Waals surface area contributed by atoms with Crippen LogP contribution in [0.25, 0.3) is 12.2 Å². The molecule has 3 amide bonds. The third-order valence-corrected chi connectivity index (χ3v) is 6.77. The van der Waals surface area contributed by atoms with Gasteiger partial charge in [-0.3, -0.25) is 19.6 Å². The number of aryl methyl sites for hydroxylation is 1. The van der Waals surface area contributed by atoms with E-state index < -0.39 is 5.91 Å². The Balaban J connectivity index is 1.40. The van der Waals surface area contributed by atoms with Crippen LogP contribution in [0, 0.1) is 0 Å². The minimum Gasteiger partial charge on any atom is -0.378 e. The number of nitrogens with one attached hydrogen (secondary N) is 1. The molecule has 1 unspecified atom stereocenters. The molecule has 1 fully saturated rings. The number of benzene rings is 2. The summed E-state index contributed by atoms with van der Waals surface area (Å²) in [5.74, 6) is -0.330. The van der Waals surface area contributed by atoms with Crippen molar-refractivity contribution in [3.63, 3.8) is 0 Å². The number of nitrogens with zero attached hydrogens (tertiary/aromatic N) is 4. The van der Waals surface area contributed by atoms with Crippen molar-refractivity contribution < 1.29 is 19.5 Å². The number of amides is 3. The summed E-state index contributed by atoms with van der Waals surface area (Å²) in [6.45, 7) is 2.48. The van der Waals surface area contributed by atoms with Crippen LogP contribution in [0.1, 0.15) is 33.8 Å². The monoisotopic (exact) mass is 487 g/mol. The fourth-order valence-electron chi connectivity index (χ4n) is 4.68. The molecule has 2 N–H and O–H groups in total. The van der Waals surface area contributed by atoms with Gasteiger partial charge in [-0.05, 0) is 41.8 Å². The van der Waals surface area contributed by atoms with E-state index in [1.165, 1.54) is 5.56 Å². The van der Waals surface area contributed by atoms with E-state index in [2.05, 4.69) is 29.4 Å². The Morgan fingerprint density at radius 3 is 2.53 bits per heavy atom. The van der Waals surface area contributed by atoms with E-state index in [0.29, 0.717) is 38.4 Å². The van der Waals surface area contributed by atoms with Gasteiger partial charge < -0.3 is 9.64 Å². The first-order valence-electron chi connectivity index (χ1n) is 12.0. The topological polar surface area (TPSA) is 99.9 Å². The Morgan fingerprint density at radius 1 is 1.11 bits per heavy atom. The number of hydrogen-bond donors (Lipinski definition) is 2. The maximum Gasteiger partial charge on any atom is 0.324 e. The number of aromatic nitrogens is 2. The molecule has 186 valence electrons. The minimum absolute atomic E-state index is 0.0830. The van der Waals surface area contributed by atoms with Crippen LogP contribution in [0.5, 0.6) is 0 Å². The molecule has 2 aliphatic rings. The molecule has 0 spiro atoms. The summed E-state index contributed by atoms with van der Waals surface area (Å²) < 4.78 is 7.32. The Hall–Kier alpha value is -3.95. The minimum atomic E-state index is -0.576. The largest absolute Gasteiger partial charge is 0.378 e. The van der Waals surface area contributed by atoms with E-state index in [9.17, 15) is 9.59 Å². The SMILES string of the molecule is Cn1ncc2c1=CC(c1ccc(N(Cc3ccc(C(=O)NO)cc3)C(=O)N3CCOCC3)cc1)CC=2. The van der Waals surface area contributed by atoms with Crippen molar-refractivity contribution in [3.05, 3.63) is 82.0 Å². The zero-order chi connectivity index (χ0) is 25.1. The van der Waals surface area contributed by atoms with Crippen LogP contribution in [0.4, 0.5) is 10.5 Å². The Bertz CT molecular complexity index is 1360. The Labute approximate surface area is 208 Å². The quantitative estimate of drug-likeness (QED) is 0.422. The van der Waals surface area contributed by atoms with Gasteiger partial charge in [-0.2, -0.15) is 5.10 Å². The number of hydroxylamine groups is 1. The molecule has 0 bridgehead atoms. The van der Waals surface area contributed by atoms with Crippen LogP contribution < -0.4 is 20.9 Å². The normalized spacial score (nSPS) is 16.9. The number of carbonyl (C=O) groups excluding carboxylic acids is 2. The number of ether oxygens (including phenoxy) is 1. The number of rotatable bonds is 5. The number of urea groups is 1. The molecular formula is C27H29N5O4. The number of anilines is 1. The molecule has 9 nitrogen and oxygen atoms in total. The molecule has 1 aromatic heterocycles. The summed E-state index contributed by atoms with van der Waals surface area (Å²) in [6.07, 6.45) is 7.26. The lowest BCUT2D eigenvalue weighted by Crippen LogP contribution is -2.48. The van der Waals surface area contributed by atoms with Gasteiger partial charge in [0.1, 0.15) is 0 Å². The molecule has 0 radical (unpaired) electrons. The van der Waals surface area contributed by atoms with Crippen LogP contribution in [0.15, 0.2) is 54.7 Å². The fourth-order valence-corrected chi connectivity index (χ4v) is 4.68. The highest BCUT2D eigenvalue weighted by Crippen LogP contribution is 2.27. The van der Waals surface area contributed by atoms with Gasteiger partial charge in [0.2, 0.25) is 0 Å². The van der Waals surface area contributed by atoms with Gasteiger partial charge in [0.05, 0.1) is 31.3 Å².